The third-order valence-corrected chi connectivity index (χ3v) is 7.61. The summed E-state index contributed by atoms with van der Waals surface area (Å²) in [5.74, 6) is 0.290. The molecule has 0 amide bonds. The molecule has 1 atom stereocenters. The largest absolute Gasteiger partial charge is 0.573 e. The minimum atomic E-state index is -4.87. The van der Waals surface area contributed by atoms with E-state index in [1.165, 1.54) is 18.2 Å². The van der Waals surface area contributed by atoms with Crippen LogP contribution in [0.4, 0.5) is 22.1 Å². The van der Waals surface area contributed by atoms with Gasteiger partial charge < -0.3 is 9.47 Å². The number of hydrogen-bond donors (Lipinski definition) is 0. The predicted octanol–water partition coefficient (Wildman–Crippen LogP) is 9.22. The van der Waals surface area contributed by atoms with Gasteiger partial charge in [-0.1, -0.05) is 42.5 Å². The summed E-state index contributed by atoms with van der Waals surface area (Å²) in [6.07, 6.45) is 3.83. The number of likely N-dealkylation sites (tertiary alicyclic amines) is 1. The van der Waals surface area contributed by atoms with E-state index in [-0.39, 0.29) is 23.6 Å². The molecule has 42 heavy (non-hydrogen) atoms. The molecule has 1 heterocycles. The standard InChI is InChI=1S/C32H33ClF5NO3/c1-3-22(9-8-21(2)40-26-14-17-39(20-26)16-5-15-34)31-27(7-4-6-23-18-25(42-38)11-12-28(23)31)24-10-13-30(29(33)19-24)41-32(35,36)37/h3,8-13,18-19,26H,1,4-7,14-17,20H2,2H3/b21-8+,22-9+. The second-order valence-corrected chi connectivity index (χ2v) is 10.7. The Kier molecular flexibility index (Phi) is 10.7. The van der Waals surface area contributed by atoms with E-state index in [0.29, 0.717) is 43.6 Å². The van der Waals surface area contributed by atoms with Crippen LogP contribution in [0.15, 0.2) is 72.5 Å². The zero-order valence-corrected chi connectivity index (χ0v) is 24.0. The highest BCUT2D eigenvalue weighted by Gasteiger charge is 2.32. The summed E-state index contributed by atoms with van der Waals surface area (Å²) in [6, 6.07) is 9.14. The topological polar surface area (TPSA) is 30.9 Å². The molecule has 0 saturated carbocycles. The Morgan fingerprint density at radius 1 is 1.14 bits per heavy atom. The molecule has 4 rings (SSSR count). The molecule has 1 saturated heterocycles. The van der Waals surface area contributed by atoms with Crippen molar-refractivity contribution < 1.29 is 36.5 Å². The first-order valence-electron chi connectivity index (χ1n) is 13.8. The normalized spacial score (nSPS) is 18.5. The van der Waals surface area contributed by atoms with Crippen LogP contribution in [0.2, 0.25) is 5.02 Å². The van der Waals surface area contributed by atoms with Gasteiger partial charge in [-0.2, -0.15) is 0 Å². The Balaban J connectivity index is 1.73. The molecule has 1 aliphatic heterocycles. The van der Waals surface area contributed by atoms with Gasteiger partial charge in [0.15, 0.2) is 5.75 Å². The number of aryl methyl sites for hydroxylation is 1. The van der Waals surface area contributed by atoms with Crippen molar-refractivity contribution in [3.8, 4) is 11.5 Å². The number of rotatable bonds is 11. The number of fused-ring (bicyclic) bond motifs is 1. The Bertz CT molecular complexity index is 1370. The molecule has 226 valence electrons. The fraction of sp³-hybridized carbons (Fsp3) is 0.375. The van der Waals surface area contributed by atoms with Gasteiger partial charge in [0.1, 0.15) is 11.9 Å². The first kappa shape index (κ1) is 31.6. The van der Waals surface area contributed by atoms with Gasteiger partial charge in [0.2, 0.25) is 0 Å². The van der Waals surface area contributed by atoms with Gasteiger partial charge in [-0.05, 0) is 103 Å². The van der Waals surface area contributed by atoms with Crippen LogP contribution in [-0.2, 0) is 11.2 Å². The molecule has 1 fully saturated rings. The third-order valence-electron chi connectivity index (χ3n) is 7.31. The molecule has 0 aromatic heterocycles. The van der Waals surface area contributed by atoms with Gasteiger partial charge in [-0.25, -0.2) is 0 Å². The predicted molar refractivity (Wildman–Crippen MR) is 155 cm³/mol. The molecule has 0 spiro atoms. The molecule has 0 N–H and O–H groups in total. The number of benzene rings is 2. The fourth-order valence-corrected chi connectivity index (χ4v) is 5.69. The molecule has 2 aliphatic rings. The summed E-state index contributed by atoms with van der Waals surface area (Å²) < 4.78 is 74.3. The van der Waals surface area contributed by atoms with Crippen LogP contribution in [0, 0.1) is 0 Å². The fourth-order valence-electron chi connectivity index (χ4n) is 5.47. The monoisotopic (exact) mass is 609 g/mol. The number of ether oxygens (including phenoxy) is 2. The van der Waals surface area contributed by atoms with E-state index in [1.807, 2.05) is 19.1 Å². The van der Waals surface area contributed by atoms with Gasteiger partial charge in [0.25, 0.3) is 0 Å². The van der Waals surface area contributed by atoms with Crippen LogP contribution >= 0.6 is 11.6 Å². The van der Waals surface area contributed by atoms with Crippen molar-refractivity contribution in [2.45, 2.75) is 51.5 Å². The maximum absolute atomic E-state index is 13.0. The van der Waals surface area contributed by atoms with Crippen molar-refractivity contribution in [1.29, 1.82) is 0 Å². The summed E-state index contributed by atoms with van der Waals surface area (Å²) in [5.41, 5.74) is 4.71. The van der Waals surface area contributed by atoms with Crippen LogP contribution in [0.25, 0.3) is 11.1 Å². The minimum absolute atomic E-state index is 0.00789. The SMILES string of the molecule is C=C/C(=C\C=C(/C)OC1CCN(CCCF)C1)C1=C(c2ccc(OC(F)(F)F)c(Cl)c2)CCCc2cc(OF)ccc21. The molecular weight excluding hydrogens is 577 g/mol. The van der Waals surface area contributed by atoms with E-state index in [0.717, 1.165) is 47.4 Å². The highest BCUT2D eigenvalue weighted by atomic mass is 35.5. The van der Waals surface area contributed by atoms with E-state index in [9.17, 15) is 22.1 Å². The van der Waals surface area contributed by atoms with Crippen molar-refractivity contribution in [2.75, 3.05) is 26.3 Å². The Labute approximate surface area is 247 Å². The van der Waals surface area contributed by atoms with Gasteiger partial charge in [-0.15, -0.1) is 13.2 Å². The highest BCUT2D eigenvalue weighted by Crippen LogP contribution is 2.43. The molecule has 2 aromatic rings. The zero-order chi connectivity index (χ0) is 30.3. The van der Waals surface area contributed by atoms with Gasteiger partial charge in [0.05, 0.1) is 17.5 Å². The number of nitrogens with zero attached hydrogens (tertiary/aromatic N) is 1. The average Bonchev–Trinajstić information content (AvgIpc) is 3.31. The zero-order valence-electron chi connectivity index (χ0n) is 23.3. The third kappa shape index (κ3) is 8.16. The molecule has 10 heteroatoms. The maximum atomic E-state index is 13.0. The van der Waals surface area contributed by atoms with Crippen LogP contribution in [0.3, 0.4) is 0 Å². The molecule has 2 aromatic carbocycles. The van der Waals surface area contributed by atoms with Crippen molar-refractivity contribution in [1.82, 2.24) is 4.90 Å². The molecule has 0 bridgehead atoms. The lowest BCUT2D eigenvalue weighted by molar-refractivity contribution is -0.274. The molecule has 1 aliphatic carbocycles. The quantitative estimate of drug-likeness (QED) is 0.144. The van der Waals surface area contributed by atoms with Gasteiger partial charge in [-0.3, -0.25) is 14.2 Å². The lowest BCUT2D eigenvalue weighted by Crippen LogP contribution is -2.24. The van der Waals surface area contributed by atoms with E-state index >= 15 is 0 Å². The lowest BCUT2D eigenvalue weighted by atomic mass is 9.87. The van der Waals surface area contributed by atoms with E-state index < -0.39 is 12.1 Å². The molecular formula is C32H33ClF5NO3. The first-order valence-corrected chi connectivity index (χ1v) is 14.2. The first-order chi connectivity index (χ1) is 20.1. The summed E-state index contributed by atoms with van der Waals surface area (Å²) in [6.45, 7) is 7.86. The Hall–Kier alpha value is -3.30. The van der Waals surface area contributed by atoms with Crippen molar-refractivity contribution in [3.05, 3.63) is 94.3 Å². The molecule has 0 radical (unpaired) electrons. The van der Waals surface area contributed by atoms with Crippen LogP contribution in [-0.4, -0.2) is 43.7 Å². The Morgan fingerprint density at radius 3 is 2.64 bits per heavy atom. The van der Waals surface area contributed by atoms with Crippen molar-refractivity contribution in [2.24, 2.45) is 0 Å². The number of allylic oxidation sites excluding steroid dienone is 7. The Morgan fingerprint density at radius 2 is 1.95 bits per heavy atom. The van der Waals surface area contributed by atoms with Gasteiger partial charge in [0, 0.05) is 24.2 Å². The van der Waals surface area contributed by atoms with Crippen molar-refractivity contribution in [3.63, 3.8) is 0 Å². The van der Waals surface area contributed by atoms with E-state index in [1.54, 1.807) is 24.3 Å². The second kappa shape index (κ2) is 14.2. The maximum Gasteiger partial charge on any atom is 0.573 e. The smallest absolute Gasteiger partial charge is 0.494 e. The summed E-state index contributed by atoms with van der Waals surface area (Å²) in [4.78, 5) is 6.16. The number of hydrogen-bond acceptors (Lipinski definition) is 4. The summed E-state index contributed by atoms with van der Waals surface area (Å²) >= 11 is 6.23. The van der Waals surface area contributed by atoms with Crippen LogP contribution in [0.5, 0.6) is 11.5 Å². The molecule has 4 nitrogen and oxygen atoms in total. The van der Waals surface area contributed by atoms with E-state index in [2.05, 4.69) is 21.2 Å². The number of alkyl halides is 4. The second-order valence-electron chi connectivity index (χ2n) is 10.3. The van der Waals surface area contributed by atoms with Crippen molar-refractivity contribution >= 4 is 22.7 Å². The van der Waals surface area contributed by atoms with Crippen LogP contribution < -0.4 is 9.68 Å². The molecule has 1 unspecified atom stereocenters. The average molecular weight is 610 g/mol. The van der Waals surface area contributed by atoms with Crippen LogP contribution in [0.1, 0.15) is 49.3 Å². The minimum Gasteiger partial charge on any atom is -0.494 e. The summed E-state index contributed by atoms with van der Waals surface area (Å²) in [7, 11) is 0. The van der Waals surface area contributed by atoms with Gasteiger partial charge >= 0.3 is 6.36 Å². The highest BCUT2D eigenvalue weighted by molar-refractivity contribution is 6.32. The lowest BCUT2D eigenvalue weighted by Gasteiger charge is -2.19. The van der Waals surface area contributed by atoms with E-state index in [4.69, 9.17) is 16.3 Å². The summed E-state index contributed by atoms with van der Waals surface area (Å²) in [5, 5.41) is -0.173. The number of halogens is 6.